The maximum atomic E-state index is 14.0. The van der Waals surface area contributed by atoms with Gasteiger partial charge in [0.1, 0.15) is 5.82 Å². The number of rotatable bonds is 10. The Kier molecular flexibility index (Phi) is 7.36. The van der Waals surface area contributed by atoms with Crippen LogP contribution >= 0.6 is 0 Å². The second-order valence-corrected chi connectivity index (χ2v) is 6.23. The molecule has 0 aliphatic heterocycles. The summed E-state index contributed by atoms with van der Waals surface area (Å²) in [5, 5.41) is 12.9. The van der Waals surface area contributed by atoms with Crippen LogP contribution in [0.2, 0.25) is 0 Å². The summed E-state index contributed by atoms with van der Waals surface area (Å²) in [6, 6.07) is 6.57. The first-order valence-corrected chi connectivity index (χ1v) is 8.91. The van der Waals surface area contributed by atoms with Crippen LogP contribution in [0.15, 0.2) is 24.3 Å². The van der Waals surface area contributed by atoms with Crippen molar-refractivity contribution < 1.29 is 19.0 Å². The van der Waals surface area contributed by atoms with Gasteiger partial charge in [-0.05, 0) is 39.8 Å². The Hall–Kier alpha value is -2.18. The van der Waals surface area contributed by atoms with E-state index in [2.05, 4.69) is 5.32 Å². The molecule has 2 rings (SSSR count). The van der Waals surface area contributed by atoms with E-state index in [4.69, 9.17) is 4.74 Å². The molecular formula is C20H27FN2O3. The molecule has 1 aromatic carbocycles. The molecule has 2 N–H and O–H groups in total. The van der Waals surface area contributed by atoms with Gasteiger partial charge in [0.05, 0.1) is 12.1 Å². The zero-order valence-electron chi connectivity index (χ0n) is 15.6. The number of aromatic nitrogens is 1. The maximum Gasteiger partial charge on any atom is 0.337 e. The second kappa shape index (κ2) is 9.50. The summed E-state index contributed by atoms with van der Waals surface area (Å²) in [6.45, 7) is 8.52. The van der Waals surface area contributed by atoms with Crippen LogP contribution in [0.25, 0.3) is 0 Å². The van der Waals surface area contributed by atoms with Gasteiger partial charge in [-0.3, -0.25) is 0 Å². The zero-order chi connectivity index (χ0) is 19.1. The SMILES string of the molecule is CCOCCCNCc1c(C(=O)O)c(C)n(Cc2ccccc2F)c1C. The predicted octanol–water partition coefficient (Wildman–Crippen LogP) is 3.51. The first-order valence-electron chi connectivity index (χ1n) is 8.91. The molecule has 0 unspecified atom stereocenters. The van der Waals surface area contributed by atoms with E-state index in [9.17, 15) is 14.3 Å². The first kappa shape index (κ1) is 20.1. The monoisotopic (exact) mass is 362 g/mol. The summed E-state index contributed by atoms with van der Waals surface area (Å²) in [7, 11) is 0. The second-order valence-electron chi connectivity index (χ2n) is 6.23. The van der Waals surface area contributed by atoms with Gasteiger partial charge in [-0.2, -0.15) is 0 Å². The number of carboxylic acids is 1. The van der Waals surface area contributed by atoms with Crippen LogP contribution in [0.3, 0.4) is 0 Å². The minimum absolute atomic E-state index is 0.285. The van der Waals surface area contributed by atoms with E-state index in [1.807, 2.05) is 18.4 Å². The molecular weight excluding hydrogens is 335 g/mol. The lowest BCUT2D eigenvalue weighted by Gasteiger charge is -2.11. The lowest BCUT2D eigenvalue weighted by Crippen LogP contribution is -2.18. The normalized spacial score (nSPS) is 11.1. The van der Waals surface area contributed by atoms with Crippen molar-refractivity contribution in [2.24, 2.45) is 0 Å². The highest BCUT2D eigenvalue weighted by molar-refractivity contribution is 5.91. The summed E-state index contributed by atoms with van der Waals surface area (Å²) in [6.07, 6.45) is 0.865. The first-order chi connectivity index (χ1) is 12.5. The Labute approximate surface area is 153 Å². The molecule has 6 heteroatoms. The lowest BCUT2D eigenvalue weighted by atomic mass is 10.1. The summed E-state index contributed by atoms with van der Waals surface area (Å²) >= 11 is 0. The van der Waals surface area contributed by atoms with Gasteiger partial charge in [-0.15, -0.1) is 0 Å². The Balaban J connectivity index is 2.20. The van der Waals surface area contributed by atoms with Crippen LogP contribution in [0.4, 0.5) is 4.39 Å². The number of ether oxygens (including phenoxy) is 1. The topological polar surface area (TPSA) is 63.5 Å². The molecule has 142 valence electrons. The number of hydrogen-bond donors (Lipinski definition) is 2. The molecule has 0 spiro atoms. The van der Waals surface area contributed by atoms with Gasteiger partial charge in [-0.1, -0.05) is 18.2 Å². The quantitative estimate of drug-likeness (QED) is 0.635. The van der Waals surface area contributed by atoms with E-state index in [-0.39, 0.29) is 5.82 Å². The molecule has 0 atom stereocenters. The molecule has 26 heavy (non-hydrogen) atoms. The summed E-state index contributed by atoms with van der Waals surface area (Å²) in [5.74, 6) is -1.24. The molecule has 0 radical (unpaired) electrons. The average molecular weight is 362 g/mol. The summed E-state index contributed by atoms with van der Waals surface area (Å²) in [4.78, 5) is 11.8. The van der Waals surface area contributed by atoms with E-state index < -0.39 is 5.97 Å². The number of aromatic carboxylic acids is 1. The van der Waals surface area contributed by atoms with Crippen molar-refractivity contribution in [1.29, 1.82) is 0 Å². The smallest absolute Gasteiger partial charge is 0.337 e. The molecule has 0 saturated heterocycles. The van der Waals surface area contributed by atoms with Gasteiger partial charge in [0.15, 0.2) is 0 Å². The van der Waals surface area contributed by atoms with Crippen molar-refractivity contribution in [1.82, 2.24) is 9.88 Å². The molecule has 1 heterocycles. The van der Waals surface area contributed by atoms with E-state index in [0.29, 0.717) is 43.1 Å². The van der Waals surface area contributed by atoms with Crippen LogP contribution in [0, 0.1) is 19.7 Å². The van der Waals surface area contributed by atoms with Crippen LogP contribution in [-0.4, -0.2) is 35.4 Å². The minimum Gasteiger partial charge on any atom is -0.478 e. The number of carbonyl (C=O) groups is 1. The van der Waals surface area contributed by atoms with Crippen LogP contribution in [0.1, 0.15) is 46.2 Å². The number of halogens is 1. The van der Waals surface area contributed by atoms with Crippen molar-refractivity contribution in [3.63, 3.8) is 0 Å². The van der Waals surface area contributed by atoms with Crippen molar-refractivity contribution >= 4 is 5.97 Å². The number of nitrogens with zero attached hydrogens (tertiary/aromatic N) is 1. The third-order valence-corrected chi connectivity index (χ3v) is 4.56. The Morgan fingerprint density at radius 2 is 2.00 bits per heavy atom. The van der Waals surface area contributed by atoms with Gasteiger partial charge in [0, 0.05) is 42.3 Å². The Morgan fingerprint density at radius 1 is 1.27 bits per heavy atom. The number of benzene rings is 1. The highest BCUT2D eigenvalue weighted by atomic mass is 19.1. The van der Waals surface area contributed by atoms with Crippen LogP contribution in [0.5, 0.6) is 0 Å². The summed E-state index contributed by atoms with van der Waals surface area (Å²) in [5.41, 5.74) is 3.09. The van der Waals surface area contributed by atoms with E-state index in [0.717, 1.165) is 24.2 Å². The zero-order valence-corrected chi connectivity index (χ0v) is 15.6. The molecule has 0 aliphatic rings. The number of nitrogens with one attached hydrogen (secondary N) is 1. The molecule has 0 amide bonds. The summed E-state index contributed by atoms with van der Waals surface area (Å²) < 4.78 is 21.2. The van der Waals surface area contributed by atoms with Crippen LogP contribution in [-0.2, 0) is 17.8 Å². The fourth-order valence-electron chi connectivity index (χ4n) is 3.14. The predicted molar refractivity (Wildman–Crippen MR) is 99.2 cm³/mol. The van der Waals surface area contributed by atoms with Crippen molar-refractivity contribution in [2.45, 2.75) is 40.3 Å². The molecule has 0 saturated carbocycles. The fraction of sp³-hybridized carbons (Fsp3) is 0.450. The molecule has 1 aromatic heterocycles. The molecule has 2 aromatic rings. The highest BCUT2D eigenvalue weighted by Gasteiger charge is 2.22. The van der Waals surface area contributed by atoms with Crippen molar-refractivity contribution in [2.75, 3.05) is 19.8 Å². The Bertz CT molecular complexity index is 756. The lowest BCUT2D eigenvalue weighted by molar-refractivity contribution is 0.0694. The fourth-order valence-corrected chi connectivity index (χ4v) is 3.14. The molecule has 5 nitrogen and oxygen atoms in total. The third kappa shape index (κ3) is 4.71. The van der Waals surface area contributed by atoms with Gasteiger partial charge in [0.2, 0.25) is 0 Å². The Morgan fingerprint density at radius 3 is 2.65 bits per heavy atom. The van der Waals surface area contributed by atoms with Crippen molar-refractivity contribution in [3.05, 3.63) is 58.2 Å². The maximum absolute atomic E-state index is 14.0. The van der Waals surface area contributed by atoms with E-state index >= 15 is 0 Å². The van der Waals surface area contributed by atoms with Gasteiger partial charge in [0.25, 0.3) is 0 Å². The standard InChI is InChI=1S/C20H27FN2O3/c1-4-26-11-7-10-22-12-17-14(2)23(15(3)19(17)20(24)25)13-16-8-5-6-9-18(16)21/h5-6,8-9,22H,4,7,10-13H2,1-3H3,(H,24,25). The van der Waals surface area contributed by atoms with Crippen LogP contribution < -0.4 is 5.32 Å². The minimum atomic E-state index is -0.955. The highest BCUT2D eigenvalue weighted by Crippen LogP contribution is 2.24. The van der Waals surface area contributed by atoms with Gasteiger partial charge < -0.3 is 19.7 Å². The molecule has 0 aliphatic carbocycles. The third-order valence-electron chi connectivity index (χ3n) is 4.56. The van der Waals surface area contributed by atoms with Crippen molar-refractivity contribution in [3.8, 4) is 0 Å². The van der Waals surface area contributed by atoms with Gasteiger partial charge in [-0.25, -0.2) is 9.18 Å². The average Bonchev–Trinajstić information content (AvgIpc) is 2.84. The van der Waals surface area contributed by atoms with E-state index in [1.165, 1.54) is 6.07 Å². The molecule has 0 fully saturated rings. The van der Waals surface area contributed by atoms with Gasteiger partial charge >= 0.3 is 5.97 Å². The van der Waals surface area contributed by atoms with E-state index in [1.54, 1.807) is 25.1 Å². The number of hydrogen-bond acceptors (Lipinski definition) is 3. The molecule has 0 bridgehead atoms. The largest absolute Gasteiger partial charge is 0.478 e. The number of carboxylic acid groups (broad SMARTS) is 1.